The van der Waals surface area contributed by atoms with Gasteiger partial charge in [-0.2, -0.15) is 0 Å². The van der Waals surface area contributed by atoms with E-state index in [-0.39, 0.29) is 12.2 Å². The minimum absolute atomic E-state index is 0.0839. The summed E-state index contributed by atoms with van der Waals surface area (Å²) >= 11 is 0. The lowest BCUT2D eigenvalue weighted by molar-refractivity contribution is -0.147. The number of carbonyl (C=O) groups excluding carboxylic acids is 3. The number of aryl methyl sites for hydroxylation is 2. The van der Waals surface area contributed by atoms with E-state index in [1.54, 1.807) is 69.2 Å². The van der Waals surface area contributed by atoms with Gasteiger partial charge in [0.2, 0.25) is 5.91 Å². The van der Waals surface area contributed by atoms with Crippen molar-refractivity contribution < 1.29 is 29.0 Å². The molecule has 0 aromatic heterocycles. The molecule has 3 aromatic rings. The van der Waals surface area contributed by atoms with Crippen LogP contribution in [-0.4, -0.2) is 52.2 Å². The minimum atomic E-state index is -1.09. The van der Waals surface area contributed by atoms with Gasteiger partial charge in [0.05, 0.1) is 7.11 Å². The van der Waals surface area contributed by atoms with E-state index >= 15 is 0 Å². The van der Waals surface area contributed by atoms with E-state index in [4.69, 9.17) is 9.47 Å². The van der Waals surface area contributed by atoms with Gasteiger partial charge in [-0.05, 0) is 108 Å². The molecule has 3 N–H and O–H groups in total. The first-order valence-electron chi connectivity index (χ1n) is 15.2. The van der Waals surface area contributed by atoms with E-state index < -0.39 is 41.1 Å². The van der Waals surface area contributed by atoms with Crippen molar-refractivity contribution in [3.63, 3.8) is 0 Å². The fourth-order valence-electron chi connectivity index (χ4n) is 4.97. The van der Waals surface area contributed by atoms with Crippen LogP contribution in [-0.2, 0) is 20.7 Å². The number of phenols is 1. The Kier molecular flexibility index (Phi) is 11.3. The number of ether oxygens (including phenoxy) is 2. The van der Waals surface area contributed by atoms with Gasteiger partial charge in [0, 0.05) is 17.6 Å². The third kappa shape index (κ3) is 9.48. The number of nitrogens with one attached hydrogen (secondary N) is 2. The number of alkyl carbamates (subject to hydrolysis) is 1. The molecular formula is C36H47N3O6. The number of aromatic hydroxyl groups is 1. The van der Waals surface area contributed by atoms with E-state index in [0.29, 0.717) is 29.0 Å². The largest absolute Gasteiger partial charge is 0.508 e. The van der Waals surface area contributed by atoms with Crippen molar-refractivity contribution in [2.45, 2.75) is 91.5 Å². The van der Waals surface area contributed by atoms with Crippen molar-refractivity contribution in [3.8, 4) is 11.5 Å². The van der Waals surface area contributed by atoms with Crippen molar-refractivity contribution in [3.05, 3.63) is 89.0 Å². The van der Waals surface area contributed by atoms with Crippen molar-refractivity contribution in [1.29, 1.82) is 0 Å². The average molecular weight is 618 g/mol. The number of benzene rings is 3. The Morgan fingerprint density at radius 1 is 0.911 bits per heavy atom. The molecule has 242 valence electrons. The molecule has 2 atom stereocenters. The number of amides is 3. The molecule has 0 saturated heterocycles. The predicted octanol–water partition coefficient (Wildman–Crippen LogP) is 6.85. The van der Waals surface area contributed by atoms with Gasteiger partial charge in [0.25, 0.3) is 5.91 Å². The first-order valence-corrected chi connectivity index (χ1v) is 15.2. The zero-order chi connectivity index (χ0) is 33.5. The first kappa shape index (κ1) is 35.0. The highest BCUT2D eigenvalue weighted by atomic mass is 16.6. The molecule has 0 aliphatic heterocycles. The quantitative estimate of drug-likeness (QED) is 0.217. The lowest BCUT2D eigenvalue weighted by Crippen LogP contribution is -2.59. The van der Waals surface area contributed by atoms with Gasteiger partial charge in [0.15, 0.2) is 0 Å². The van der Waals surface area contributed by atoms with Crippen LogP contribution in [0.2, 0.25) is 0 Å². The molecule has 0 aliphatic carbocycles. The van der Waals surface area contributed by atoms with E-state index in [0.717, 1.165) is 11.1 Å². The average Bonchev–Trinajstić information content (AvgIpc) is 2.97. The molecule has 0 aliphatic rings. The normalized spacial score (nSPS) is 12.9. The number of methoxy groups -OCH3 is 1. The van der Waals surface area contributed by atoms with Gasteiger partial charge in [-0.3, -0.25) is 9.59 Å². The molecule has 45 heavy (non-hydrogen) atoms. The molecule has 0 heterocycles. The van der Waals surface area contributed by atoms with Crippen LogP contribution < -0.4 is 15.4 Å². The van der Waals surface area contributed by atoms with Gasteiger partial charge in [-0.25, -0.2) is 4.79 Å². The molecule has 9 nitrogen and oxygen atoms in total. The Balaban J connectivity index is 2.17. The summed E-state index contributed by atoms with van der Waals surface area (Å²) in [5.41, 5.74) is 2.10. The second-order valence-electron chi connectivity index (χ2n) is 12.9. The summed E-state index contributed by atoms with van der Waals surface area (Å²) in [6.07, 6.45) is -0.123. The Morgan fingerprint density at radius 3 is 2.09 bits per heavy atom. The number of hydrogen-bond donors (Lipinski definition) is 3. The van der Waals surface area contributed by atoms with Crippen LogP contribution in [0.15, 0.2) is 66.7 Å². The molecule has 9 heteroatoms. The zero-order valence-electron chi connectivity index (χ0n) is 27.9. The number of hydrogen-bond acceptors (Lipinski definition) is 6. The van der Waals surface area contributed by atoms with E-state index in [9.17, 15) is 19.5 Å². The number of carbonyl (C=O) groups is 3. The summed E-state index contributed by atoms with van der Waals surface area (Å²) in [5.74, 6) is -0.116. The fraction of sp³-hybridized carbons (Fsp3) is 0.417. The number of nitrogens with zero attached hydrogens (tertiary/aromatic N) is 1. The SMILES string of the molecule is CCC(C)(C)N(C(=O)C(Cc1ccc(O)cc1)NC(=O)OC(C)(C)C)C(C(=O)Nc1ccc(OC)cc1)c1cc(C)ccc1C. The summed E-state index contributed by atoms with van der Waals surface area (Å²) in [4.78, 5) is 44.0. The molecule has 3 amide bonds. The summed E-state index contributed by atoms with van der Waals surface area (Å²) in [5, 5.41) is 15.6. The Morgan fingerprint density at radius 2 is 1.53 bits per heavy atom. The van der Waals surface area contributed by atoms with Crippen LogP contribution in [0.1, 0.15) is 76.3 Å². The molecule has 0 bridgehead atoms. The van der Waals surface area contributed by atoms with Crippen LogP contribution in [0, 0.1) is 13.8 Å². The van der Waals surface area contributed by atoms with E-state index in [1.807, 2.05) is 52.8 Å². The monoisotopic (exact) mass is 617 g/mol. The maximum absolute atomic E-state index is 14.9. The second-order valence-corrected chi connectivity index (χ2v) is 12.9. The molecule has 0 spiro atoms. The minimum Gasteiger partial charge on any atom is -0.508 e. The van der Waals surface area contributed by atoms with Crippen LogP contribution in [0.4, 0.5) is 10.5 Å². The summed E-state index contributed by atoms with van der Waals surface area (Å²) < 4.78 is 10.8. The van der Waals surface area contributed by atoms with Gasteiger partial charge in [0.1, 0.15) is 29.2 Å². The Hall–Kier alpha value is -4.53. The highest BCUT2D eigenvalue weighted by Crippen LogP contribution is 2.35. The van der Waals surface area contributed by atoms with Crippen LogP contribution in [0.5, 0.6) is 11.5 Å². The number of anilines is 1. The van der Waals surface area contributed by atoms with Gasteiger partial charge >= 0.3 is 6.09 Å². The number of phenolic OH excluding ortho intramolecular Hbond substituents is 1. The topological polar surface area (TPSA) is 117 Å². The molecular weight excluding hydrogens is 570 g/mol. The maximum atomic E-state index is 14.9. The molecule has 3 aromatic carbocycles. The highest BCUT2D eigenvalue weighted by Gasteiger charge is 2.43. The highest BCUT2D eigenvalue weighted by molar-refractivity contribution is 5.99. The van der Waals surface area contributed by atoms with Gasteiger partial charge in [-0.15, -0.1) is 0 Å². The van der Waals surface area contributed by atoms with Gasteiger partial charge in [-0.1, -0.05) is 42.8 Å². The summed E-state index contributed by atoms with van der Waals surface area (Å²) in [6.45, 7) is 14.9. The van der Waals surface area contributed by atoms with E-state index in [2.05, 4.69) is 10.6 Å². The van der Waals surface area contributed by atoms with Crippen LogP contribution in [0.25, 0.3) is 0 Å². The lowest BCUT2D eigenvalue weighted by atomic mass is 9.89. The summed E-state index contributed by atoms with van der Waals surface area (Å²) in [7, 11) is 1.57. The molecule has 0 radical (unpaired) electrons. The molecule has 3 rings (SSSR count). The predicted molar refractivity (Wildman–Crippen MR) is 176 cm³/mol. The zero-order valence-corrected chi connectivity index (χ0v) is 27.9. The van der Waals surface area contributed by atoms with Crippen molar-refractivity contribution in [1.82, 2.24) is 10.2 Å². The molecule has 0 fully saturated rings. The second kappa shape index (κ2) is 14.5. The van der Waals surface area contributed by atoms with Crippen LogP contribution in [0.3, 0.4) is 0 Å². The van der Waals surface area contributed by atoms with Crippen LogP contribution >= 0.6 is 0 Å². The third-order valence-corrected chi connectivity index (χ3v) is 7.71. The molecule has 2 unspecified atom stereocenters. The first-order chi connectivity index (χ1) is 21.0. The standard InChI is InChI=1S/C36H47N3O6/c1-10-36(7,8)39(33(42)30(38-34(43)45-35(4,5)6)22-25-13-17-27(40)18-14-25)31(29-21-23(2)11-12-24(29)3)32(41)37-26-15-19-28(44-9)20-16-26/h11-21,30-31,40H,10,22H2,1-9H3,(H,37,41)(H,38,43). The lowest BCUT2D eigenvalue weighted by Gasteiger charge is -2.45. The van der Waals surface area contributed by atoms with Crippen molar-refractivity contribution in [2.24, 2.45) is 0 Å². The van der Waals surface area contributed by atoms with E-state index in [1.165, 1.54) is 12.1 Å². The Labute approximate surface area is 266 Å². The fourth-order valence-corrected chi connectivity index (χ4v) is 4.97. The molecule has 0 saturated carbocycles. The number of rotatable bonds is 11. The smallest absolute Gasteiger partial charge is 0.408 e. The van der Waals surface area contributed by atoms with Crippen molar-refractivity contribution in [2.75, 3.05) is 12.4 Å². The van der Waals surface area contributed by atoms with Crippen molar-refractivity contribution >= 4 is 23.6 Å². The van der Waals surface area contributed by atoms with Gasteiger partial charge < -0.3 is 30.1 Å². The Bertz CT molecular complexity index is 1480. The maximum Gasteiger partial charge on any atom is 0.408 e. The third-order valence-electron chi connectivity index (χ3n) is 7.71. The summed E-state index contributed by atoms with van der Waals surface area (Å²) in [6, 6.07) is 17.1.